The van der Waals surface area contributed by atoms with Crippen LogP contribution in [0.15, 0.2) is 18.2 Å². The van der Waals surface area contributed by atoms with Gasteiger partial charge in [0.05, 0.1) is 19.3 Å². The minimum Gasteiger partial charge on any atom is -0.323 e. The van der Waals surface area contributed by atoms with Crippen LogP contribution < -0.4 is 0 Å². The summed E-state index contributed by atoms with van der Waals surface area (Å²) >= 11 is 11.9. The summed E-state index contributed by atoms with van der Waals surface area (Å²) in [4.78, 5) is 0. The maximum absolute atomic E-state index is 12.7. The van der Waals surface area contributed by atoms with Gasteiger partial charge in [0.1, 0.15) is 0 Å². The molecule has 0 saturated carbocycles. The summed E-state index contributed by atoms with van der Waals surface area (Å²) in [5.74, 6) is 0. The molecule has 0 fully saturated rings. The van der Waals surface area contributed by atoms with Crippen LogP contribution in [0.4, 0.5) is 0 Å². The fourth-order valence-electron chi connectivity index (χ4n) is 1.74. The van der Waals surface area contributed by atoms with Crippen LogP contribution in [0, 0.1) is 22.7 Å². The normalized spacial score (nSPS) is 10.7. The van der Waals surface area contributed by atoms with Crippen LogP contribution in [0.2, 0.25) is 10.0 Å². The summed E-state index contributed by atoms with van der Waals surface area (Å²) in [6, 6.07) is 9.05. The molecule has 100 valence electrons. The minimum absolute atomic E-state index is 0.230. The van der Waals surface area contributed by atoms with Gasteiger partial charge in [0.2, 0.25) is 0 Å². The van der Waals surface area contributed by atoms with Gasteiger partial charge in [-0.3, -0.25) is 0 Å². The van der Waals surface area contributed by atoms with Crippen LogP contribution in [0.25, 0.3) is 0 Å². The molecule has 19 heavy (non-hydrogen) atoms. The highest BCUT2D eigenvalue weighted by atomic mass is 35.5. The Hall–Kier alpha value is -0.990. The molecule has 0 aromatic heterocycles. The third-order valence-corrected chi connectivity index (χ3v) is 6.32. The zero-order valence-corrected chi connectivity index (χ0v) is 12.7. The molecule has 1 rings (SSSR count). The Bertz CT molecular complexity index is 553. The van der Waals surface area contributed by atoms with Gasteiger partial charge in [-0.2, -0.15) is 10.5 Å². The SMILES string of the molecule is N#CCCP(=O)(CCC#N)Cc1ccc(Cl)cc1Cl. The van der Waals surface area contributed by atoms with E-state index in [4.69, 9.17) is 33.7 Å². The van der Waals surface area contributed by atoms with Gasteiger partial charge in [0, 0.05) is 41.4 Å². The van der Waals surface area contributed by atoms with Gasteiger partial charge < -0.3 is 4.57 Å². The number of nitriles is 2. The summed E-state index contributed by atoms with van der Waals surface area (Å²) in [5, 5.41) is 18.3. The van der Waals surface area contributed by atoms with Gasteiger partial charge in [-0.15, -0.1) is 0 Å². The predicted octanol–water partition coefficient (Wildman–Crippen LogP) is 4.68. The summed E-state index contributed by atoms with van der Waals surface area (Å²) in [6.07, 6.45) is 1.42. The minimum atomic E-state index is -2.59. The van der Waals surface area contributed by atoms with Crippen molar-refractivity contribution in [2.45, 2.75) is 19.0 Å². The predicted molar refractivity (Wildman–Crippen MR) is 78.0 cm³/mol. The summed E-state index contributed by atoms with van der Waals surface area (Å²) < 4.78 is 12.7. The Labute approximate surface area is 123 Å². The van der Waals surface area contributed by atoms with E-state index in [1.807, 2.05) is 12.1 Å². The van der Waals surface area contributed by atoms with Crippen molar-refractivity contribution in [1.82, 2.24) is 0 Å². The molecule has 6 heteroatoms. The van der Waals surface area contributed by atoms with E-state index < -0.39 is 7.14 Å². The van der Waals surface area contributed by atoms with Gasteiger partial charge in [-0.25, -0.2) is 0 Å². The first-order valence-electron chi connectivity index (χ1n) is 5.76. The first kappa shape index (κ1) is 16.1. The monoisotopic (exact) mass is 314 g/mol. The van der Waals surface area contributed by atoms with Crippen molar-refractivity contribution >= 4 is 30.3 Å². The van der Waals surface area contributed by atoms with Gasteiger partial charge in [0.15, 0.2) is 0 Å². The standard InChI is InChI=1S/C13H13Cl2N2OP/c14-12-4-3-11(13(15)9-12)10-19(18,7-1-5-16)8-2-6-17/h3-4,9H,1-2,7-8,10H2. The quantitative estimate of drug-likeness (QED) is 0.716. The molecular weight excluding hydrogens is 302 g/mol. The molecule has 1 aromatic rings. The van der Waals surface area contributed by atoms with Crippen molar-refractivity contribution in [2.24, 2.45) is 0 Å². The highest BCUT2D eigenvalue weighted by Crippen LogP contribution is 2.51. The van der Waals surface area contributed by atoms with Crippen LogP contribution in [-0.2, 0) is 10.7 Å². The molecule has 0 heterocycles. The molecule has 0 unspecified atom stereocenters. The van der Waals surface area contributed by atoms with E-state index in [-0.39, 0.29) is 12.8 Å². The molecule has 3 nitrogen and oxygen atoms in total. The second-order valence-electron chi connectivity index (χ2n) is 4.22. The third-order valence-electron chi connectivity index (χ3n) is 2.74. The average Bonchev–Trinajstić information content (AvgIpc) is 2.38. The van der Waals surface area contributed by atoms with Gasteiger partial charge in [-0.05, 0) is 17.7 Å². The molecule has 0 spiro atoms. The first-order valence-corrected chi connectivity index (χ1v) is 8.77. The molecule has 0 atom stereocenters. The Balaban J connectivity index is 2.91. The van der Waals surface area contributed by atoms with Crippen LogP contribution in [0.1, 0.15) is 18.4 Å². The van der Waals surface area contributed by atoms with Gasteiger partial charge in [0.25, 0.3) is 0 Å². The fraction of sp³-hybridized carbons (Fsp3) is 0.385. The Morgan fingerprint density at radius 1 is 1.11 bits per heavy atom. The number of hydrogen-bond donors (Lipinski definition) is 0. The maximum Gasteiger partial charge on any atom is 0.0940 e. The lowest BCUT2D eigenvalue weighted by molar-refractivity contribution is 0.573. The van der Waals surface area contributed by atoms with E-state index in [0.29, 0.717) is 28.5 Å². The van der Waals surface area contributed by atoms with E-state index in [1.165, 1.54) is 0 Å². The van der Waals surface area contributed by atoms with E-state index in [1.54, 1.807) is 18.2 Å². The molecule has 0 N–H and O–H groups in total. The second-order valence-corrected chi connectivity index (χ2v) is 8.39. The van der Waals surface area contributed by atoms with Crippen LogP contribution in [0.3, 0.4) is 0 Å². The van der Waals surface area contributed by atoms with Crippen molar-refractivity contribution in [3.8, 4) is 12.1 Å². The number of benzene rings is 1. The van der Waals surface area contributed by atoms with Crippen LogP contribution in [-0.4, -0.2) is 12.3 Å². The molecular formula is C13H13Cl2N2OP. The van der Waals surface area contributed by atoms with E-state index >= 15 is 0 Å². The van der Waals surface area contributed by atoms with Crippen LogP contribution >= 0.6 is 30.3 Å². The van der Waals surface area contributed by atoms with Crippen molar-refractivity contribution in [1.29, 1.82) is 10.5 Å². The highest BCUT2D eigenvalue weighted by Gasteiger charge is 2.23. The molecule has 0 radical (unpaired) electrons. The number of nitrogens with zero attached hydrogens (tertiary/aromatic N) is 2. The summed E-state index contributed by atoms with van der Waals surface area (Å²) in [5.41, 5.74) is 0.755. The van der Waals surface area contributed by atoms with E-state index in [2.05, 4.69) is 0 Å². The van der Waals surface area contributed by atoms with Crippen molar-refractivity contribution in [3.63, 3.8) is 0 Å². The first-order chi connectivity index (χ1) is 9.00. The summed E-state index contributed by atoms with van der Waals surface area (Å²) in [6.45, 7) is 0. The Morgan fingerprint density at radius 2 is 1.68 bits per heavy atom. The largest absolute Gasteiger partial charge is 0.323 e. The number of rotatable bonds is 6. The van der Waals surface area contributed by atoms with Crippen molar-refractivity contribution in [3.05, 3.63) is 33.8 Å². The van der Waals surface area contributed by atoms with Crippen LogP contribution in [0.5, 0.6) is 0 Å². The fourth-order valence-corrected chi connectivity index (χ4v) is 4.76. The lowest BCUT2D eigenvalue weighted by atomic mass is 10.2. The van der Waals surface area contributed by atoms with Gasteiger partial charge in [-0.1, -0.05) is 29.3 Å². The Morgan fingerprint density at radius 3 is 2.16 bits per heavy atom. The average molecular weight is 315 g/mol. The maximum atomic E-state index is 12.7. The molecule has 0 bridgehead atoms. The zero-order chi connectivity index (χ0) is 14.3. The molecule has 0 aliphatic heterocycles. The molecule has 0 saturated heterocycles. The molecule has 1 aromatic carbocycles. The van der Waals surface area contributed by atoms with Gasteiger partial charge >= 0.3 is 0 Å². The lowest BCUT2D eigenvalue weighted by Crippen LogP contribution is -1.99. The number of hydrogen-bond acceptors (Lipinski definition) is 3. The second kappa shape index (κ2) is 7.56. The zero-order valence-electron chi connectivity index (χ0n) is 10.3. The smallest absolute Gasteiger partial charge is 0.0940 e. The third kappa shape index (κ3) is 5.25. The van der Waals surface area contributed by atoms with Crippen molar-refractivity contribution in [2.75, 3.05) is 12.3 Å². The molecule has 0 amide bonds. The van der Waals surface area contributed by atoms with E-state index in [0.717, 1.165) is 5.56 Å². The topological polar surface area (TPSA) is 64.7 Å². The molecule has 0 aliphatic rings. The Kier molecular flexibility index (Phi) is 6.40. The van der Waals surface area contributed by atoms with E-state index in [9.17, 15) is 4.57 Å². The lowest BCUT2D eigenvalue weighted by Gasteiger charge is -2.16. The number of halogens is 2. The van der Waals surface area contributed by atoms with Crippen molar-refractivity contribution < 1.29 is 4.57 Å². The highest BCUT2D eigenvalue weighted by molar-refractivity contribution is 7.63. The summed E-state index contributed by atoms with van der Waals surface area (Å²) in [7, 11) is -2.59. The molecule has 0 aliphatic carbocycles.